The summed E-state index contributed by atoms with van der Waals surface area (Å²) in [6, 6.07) is 8.26. The van der Waals surface area contributed by atoms with Crippen molar-refractivity contribution < 1.29 is 4.39 Å². The summed E-state index contributed by atoms with van der Waals surface area (Å²) in [7, 11) is 0. The number of benzene rings is 1. The van der Waals surface area contributed by atoms with Gasteiger partial charge in [-0.25, -0.2) is 4.39 Å². The quantitative estimate of drug-likeness (QED) is 0.685. The lowest BCUT2D eigenvalue weighted by molar-refractivity contribution is 0.629. The second kappa shape index (κ2) is 3.43. The summed E-state index contributed by atoms with van der Waals surface area (Å²) >= 11 is 0. The van der Waals surface area contributed by atoms with E-state index in [9.17, 15) is 4.39 Å². The molecule has 0 saturated heterocycles. The molecule has 1 aromatic heterocycles. The number of pyridine rings is 1. The van der Waals surface area contributed by atoms with Crippen molar-refractivity contribution in [2.45, 2.75) is 6.42 Å². The van der Waals surface area contributed by atoms with Crippen LogP contribution in [0.1, 0.15) is 5.56 Å². The molecule has 3 heteroatoms. The van der Waals surface area contributed by atoms with Crippen molar-refractivity contribution in [1.82, 2.24) is 4.98 Å². The van der Waals surface area contributed by atoms with Crippen molar-refractivity contribution in [1.29, 1.82) is 5.26 Å². The Balaban J connectivity index is 2.70. The highest BCUT2D eigenvalue weighted by atomic mass is 19.1. The van der Waals surface area contributed by atoms with E-state index in [1.807, 2.05) is 0 Å². The molecule has 0 atom stereocenters. The molecular weight excluding hydrogens is 179 g/mol. The molecule has 0 bridgehead atoms. The molecule has 0 radical (unpaired) electrons. The van der Waals surface area contributed by atoms with Crippen LogP contribution in [0, 0.1) is 17.1 Å². The van der Waals surface area contributed by atoms with E-state index in [1.165, 1.54) is 12.1 Å². The summed E-state index contributed by atoms with van der Waals surface area (Å²) in [4.78, 5) is 4.04. The van der Waals surface area contributed by atoms with Gasteiger partial charge in [0.25, 0.3) is 0 Å². The first-order valence-corrected chi connectivity index (χ1v) is 4.21. The minimum absolute atomic E-state index is 0.306. The third kappa shape index (κ3) is 1.42. The van der Waals surface area contributed by atoms with E-state index < -0.39 is 0 Å². The maximum atomic E-state index is 12.8. The van der Waals surface area contributed by atoms with Gasteiger partial charge in [-0.05, 0) is 23.8 Å². The molecule has 2 aromatic rings. The second-order valence-electron chi connectivity index (χ2n) is 2.97. The Kier molecular flexibility index (Phi) is 2.11. The topological polar surface area (TPSA) is 36.7 Å². The van der Waals surface area contributed by atoms with Crippen LogP contribution in [0.3, 0.4) is 0 Å². The standard InChI is InChI=1S/C11H7FN2/c12-9-1-2-10-8(3-5-13)4-6-14-11(10)7-9/h1-2,4,6-7H,3H2. The van der Waals surface area contributed by atoms with Crippen molar-refractivity contribution in [3.8, 4) is 6.07 Å². The van der Waals surface area contributed by atoms with Gasteiger partial charge < -0.3 is 0 Å². The highest BCUT2D eigenvalue weighted by Crippen LogP contribution is 2.17. The molecule has 0 aliphatic heterocycles. The van der Waals surface area contributed by atoms with E-state index in [4.69, 9.17) is 5.26 Å². The molecular formula is C11H7FN2. The van der Waals surface area contributed by atoms with E-state index in [-0.39, 0.29) is 5.82 Å². The molecule has 1 heterocycles. The first kappa shape index (κ1) is 8.64. The lowest BCUT2D eigenvalue weighted by Gasteiger charge is -2.01. The number of hydrogen-bond donors (Lipinski definition) is 0. The van der Waals surface area contributed by atoms with Crippen LogP contribution in [0.5, 0.6) is 0 Å². The first-order chi connectivity index (χ1) is 6.81. The summed E-state index contributed by atoms with van der Waals surface area (Å²) in [6.45, 7) is 0. The van der Waals surface area contributed by atoms with Gasteiger partial charge >= 0.3 is 0 Å². The Morgan fingerprint density at radius 3 is 3.00 bits per heavy atom. The summed E-state index contributed by atoms with van der Waals surface area (Å²) in [5, 5.41) is 9.43. The van der Waals surface area contributed by atoms with Gasteiger partial charge in [0.1, 0.15) is 5.82 Å². The SMILES string of the molecule is N#CCc1ccnc2cc(F)ccc12. The largest absolute Gasteiger partial charge is 0.256 e. The summed E-state index contributed by atoms with van der Waals surface area (Å²) in [5.41, 5.74) is 1.48. The van der Waals surface area contributed by atoms with E-state index in [0.717, 1.165) is 10.9 Å². The zero-order valence-corrected chi connectivity index (χ0v) is 7.37. The molecule has 14 heavy (non-hydrogen) atoms. The van der Waals surface area contributed by atoms with Gasteiger partial charge in [-0.1, -0.05) is 0 Å². The molecule has 1 aromatic carbocycles. The zero-order valence-electron chi connectivity index (χ0n) is 7.37. The van der Waals surface area contributed by atoms with E-state index >= 15 is 0 Å². The molecule has 0 aliphatic carbocycles. The maximum absolute atomic E-state index is 12.8. The van der Waals surface area contributed by atoms with Crippen LogP contribution >= 0.6 is 0 Å². The van der Waals surface area contributed by atoms with E-state index in [0.29, 0.717) is 11.9 Å². The van der Waals surface area contributed by atoms with Crippen LogP contribution in [0.4, 0.5) is 4.39 Å². The molecule has 0 fully saturated rings. The number of nitriles is 1. The molecule has 0 aliphatic rings. The third-order valence-corrected chi connectivity index (χ3v) is 2.06. The Bertz CT molecular complexity index is 514. The van der Waals surface area contributed by atoms with Gasteiger partial charge in [0.15, 0.2) is 0 Å². The third-order valence-electron chi connectivity index (χ3n) is 2.06. The smallest absolute Gasteiger partial charge is 0.125 e. The van der Waals surface area contributed by atoms with Crippen molar-refractivity contribution in [2.24, 2.45) is 0 Å². The molecule has 0 saturated carbocycles. The lowest BCUT2D eigenvalue weighted by atomic mass is 10.1. The van der Waals surface area contributed by atoms with E-state index in [2.05, 4.69) is 11.1 Å². The van der Waals surface area contributed by atoms with Crippen LogP contribution in [0.15, 0.2) is 30.5 Å². The fraction of sp³-hybridized carbons (Fsp3) is 0.0909. The summed E-state index contributed by atoms with van der Waals surface area (Å²) < 4.78 is 12.8. The second-order valence-corrected chi connectivity index (χ2v) is 2.97. The van der Waals surface area contributed by atoms with Gasteiger partial charge in [0, 0.05) is 17.6 Å². The minimum atomic E-state index is -0.306. The molecule has 68 valence electrons. The predicted octanol–water partition coefficient (Wildman–Crippen LogP) is 2.44. The number of hydrogen-bond acceptors (Lipinski definition) is 2. The Morgan fingerprint density at radius 1 is 1.36 bits per heavy atom. The normalized spacial score (nSPS) is 10.0. The van der Waals surface area contributed by atoms with Crippen molar-refractivity contribution >= 4 is 10.9 Å². The molecule has 0 spiro atoms. The fourth-order valence-corrected chi connectivity index (χ4v) is 1.42. The molecule has 0 N–H and O–H groups in total. The fourth-order valence-electron chi connectivity index (χ4n) is 1.42. The number of halogens is 1. The highest BCUT2D eigenvalue weighted by molar-refractivity contribution is 5.82. The number of aromatic nitrogens is 1. The minimum Gasteiger partial charge on any atom is -0.256 e. The van der Waals surface area contributed by atoms with Gasteiger partial charge in [-0.15, -0.1) is 0 Å². The number of fused-ring (bicyclic) bond motifs is 1. The number of rotatable bonds is 1. The van der Waals surface area contributed by atoms with Crippen molar-refractivity contribution in [3.63, 3.8) is 0 Å². The zero-order chi connectivity index (χ0) is 9.97. The Hall–Kier alpha value is -1.95. The molecule has 2 rings (SSSR count). The molecule has 2 nitrogen and oxygen atoms in total. The lowest BCUT2D eigenvalue weighted by Crippen LogP contribution is -1.87. The van der Waals surface area contributed by atoms with E-state index in [1.54, 1.807) is 18.3 Å². The van der Waals surface area contributed by atoms with Crippen LogP contribution in [-0.4, -0.2) is 4.98 Å². The van der Waals surface area contributed by atoms with Crippen LogP contribution in [0.25, 0.3) is 10.9 Å². The summed E-state index contributed by atoms with van der Waals surface area (Å²) in [6.07, 6.45) is 1.92. The average molecular weight is 186 g/mol. The van der Waals surface area contributed by atoms with Crippen molar-refractivity contribution in [2.75, 3.05) is 0 Å². The predicted molar refractivity (Wildman–Crippen MR) is 51.0 cm³/mol. The van der Waals surface area contributed by atoms with Gasteiger partial charge in [-0.3, -0.25) is 4.98 Å². The molecule has 0 amide bonds. The van der Waals surface area contributed by atoms with Gasteiger partial charge in [0.05, 0.1) is 18.0 Å². The van der Waals surface area contributed by atoms with Crippen LogP contribution in [-0.2, 0) is 6.42 Å². The van der Waals surface area contributed by atoms with Crippen LogP contribution in [0.2, 0.25) is 0 Å². The Morgan fingerprint density at radius 2 is 2.21 bits per heavy atom. The summed E-state index contributed by atoms with van der Waals surface area (Å²) in [5.74, 6) is -0.306. The highest BCUT2D eigenvalue weighted by Gasteiger charge is 2.01. The van der Waals surface area contributed by atoms with Gasteiger partial charge in [-0.2, -0.15) is 5.26 Å². The molecule has 0 unspecified atom stereocenters. The van der Waals surface area contributed by atoms with Crippen molar-refractivity contribution in [3.05, 3.63) is 41.8 Å². The Labute approximate surface area is 80.6 Å². The first-order valence-electron chi connectivity index (χ1n) is 4.21. The van der Waals surface area contributed by atoms with Gasteiger partial charge in [0.2, 0.25) is 0 Å². The monoisotopic (exact) mass is 186 g/mol. The maximum Gasteiger partial charge on any atom is 0.125 e. The average Bonchev–Trinajstić information content (AvgIpc) is 2.18. The van der Waals surface area contributed by atoms with Crippen LogP contribution < -0.4 is 0 Å². The number of nitrogens with zero attached hydrogens (tertiary/aromatic N) is 2.